The van der Waals surface area contributed by atoms with Crippen molar-refractivity contribution in [1.82, 2.24) is 0 Å². The predicted octanol–water partition coefficient (Wildman–Crippen LogP) is 10.5. The molecule has 0 radical (unpaired) electrons. The molecule has 37 heavy (non-hydrogen) atoms. The van der Waals surface area contributed by atoms with Crippen LogP contribution in [0.3, 0.4) is 0 Å². The summed E-state index contributed by atoms with van der Waals surface area (Å²) < 4.78 is 5.86. The van der Waals surface area contributed by atoms with Crippen molar-refractivity contribution in [1.29, 1.82) is 0 Å². The summed E-state index contributed by atoms with van der Waals surface area (Å²) in [4.78, 5) is 23.1. The highest BCUT2D eigenvalue weighted by molar-refractivity contribution is 5.69. The maximum Gasteiger partial charge on any atom is 0.306 e. The largest absolute Gasteiger partial charge is 0.481 e. The molecule has 4 heteroatoms. The summed E-state index contributed by atoms with van der Waals surface area (Å²) in [6.07, 6.45) is 34.8. The topological polar surface area (TPSA) is 63.6 Å². The Labute approximate surface area is 229 Å². The minimum atomic E-state index is -0.701. The standard InChI is InChI=1S/C33H60O4/c1-3-5-7-9-11-13-14-16-22-26-30-33(36)37-31(27-23-19-15-12-10-8-6-4-2)28-24-20-17-18-21-25-29-32(34)35/h7,9,23,27,31H,3-6,8,10-22,24-26,28-30H2,1-2H3,(H,34,35)/b9-7-,27-23-. The van der Waals surface area contributed by atoms with Crippen molar-refractivity contribution in [2.75, 3.05) is 0 Å². The fourth-order valence-electron chi connectivity index (χ4n) is 4.51. The highest BCUT2D eigenvalue weighted by Gasteiger charge is 2.11. The van der Waals surface area contributed by atoms with Crippen LogP contribution in [-0.4, -0.2) is 23.1 Å². The lowest BCUT2D eigenvalue weighted by molar-refractivity contribution is -0.147. The van der Waals surface area contributed by atoms with Crippen molar-refractivity contribution in [3.05, 3.63) is 24.3 Å². The van der Waals surface area contributed by atoms with E-state index in [4.69, 9.17) is 9.84 Å². The summed E-state index contributed by atoms with van der Waals surface area (Å²) in [5.41, 5.74) is 0. The van der Waals surface area contributed by atoms with E-state index >= 15 is 0 Å². The average molecular weight is 521 g/mol. The number of esters is 1. The van der Waals surface area contributed by atoms with Gasteiger partial charge in [0.25, 0.3) is 0 Å². The van der Waals surface area contributed by atoms with Crippen LogP contribution in [0.5, 0.6) is 0 Å². The van der Waals surface area contributed by atoms with Gasteiger partial charge < -0.3 is 9.84 Å². The fraction of sp³-hybridized carbons (Fsp3) is 0.818. The van der Waals surface area contributed by atoms with E-state index in [-0.39, 0.29) is 18.5 Å². The number of ether oxygens (including phenoxy) is 1. The molecule has 0 bridgehead atoms. The number of carbonyl (C=O) groups is 2. The molecule has 0 heterocycles. The summed E-state index contributed by atoms with van der Waals surface area (Å²) in [6, 6.07) is 0. The Balaban J connectivity index is 4.16. The van der Waals surface area contributed by atoms with E-state index in [0.717, 1.165) is 64.2 Å². The summed E-state index contributed by atoms with van der Waals surface area (Å²) >= 11 is 0. The van der Waals surface area contributed by atoms with Crippen molar-refractivity contribution in [3.63, 3.8) is 0 Å². The molecule has 0 aromatic carbocycles. The van der Waals surface area contributed by atoms with Crippen molar-refractivity contribution in [2.24, 2.45) is 0 Å². The van der Waals surface area contributed by atoms with E-state index in [1.807, 2.05) is 0 Å². The second-order valence-electron chi connectivity index (χ2n) is 10.6. The molecular formula is C33H60O4. The van der Waals surface area contributed by atoms with Crippen LogP contribution in [0.2, 0.25) is 0 Å². The van der Waals surface area contributed by atoms with Crippen LogP contribution < -0.4 is 0 Å². The van der Waals surface area contributed by atoms with Crippen molar-refractivity contribution < 1.29 is 19.4 Å². The van der Waals surface area contributed by atoms with Gasteiger partial charge in [-0.1, -0.05) is 116 Å². The lowest BCUT2D eigenvalue weighted by Gasteiger charge is -2.15. The molecule has 1 unspecified atom stereocenters. The van der Waals surface area contributed by atoms with Gasteiger partial charge in [-0.2, -0.15) is 0 Å². The molecule has 0 fully saturated rings. The SMILES string of the molecule is CCC/C=C\CCCCCCCC(=O)OC(/C=C\CCCCCCCC)CCCCCCCCC(=O)O. The number of hydrogen-bond acceptors (Lipinski definition) is 3. The highest BCUT2D eigenvalue weighted by Crippen LogP contribution is 2.15. The van der Waals surface area contributed by atoms with Gasteiger partial charge in [0, 0.05) is 12.8 Å². The zero-order chi connectivity index (χ0) is 27.2. The number of hydrogen-bond donors (Lipinski definition) is 1. The number of aliphatic carboxylic acids is 1. The van der Waals surface area contributed by atoms with E-state index in [9.17, 15) is 9.59 Å². The smallest absolute Gasteiger partial charge is 0.306 e. The van der Waals surface area contributed by atoms with Gasteiger partial charge in [-0.3, -0.25) is 9.59 Å². The Morgan fingerprint density at radius 1 is 0.595 bits per heavy atom. The van der Waals surface area contributed by atoms with Crippen LogP contribution in [0.25, 0.3) is 0 Å². The molecule has 0 aliphatic rings. The first-order valence-electron chi connectivity index (χ1n) is 15.8. The van der Waals surface area contributed by atoms with Crippen molar-refractivity contribution >= 4 is 11.9 Å². The zero-order valence-corrected chi connectivity index (χ0v) is 24.5. The molecule has 1 atom stereocenters. The summed E-state index contributed by atoms with van der Waals surface area (Å²) in [7, 11) is 0. The molecule has 0 aliphatic carbocycles. The predicted molar refractivity (Wildman–Crippen MR) is 158 cm³/mol. The molecule has 4 nitrogen and oxygen atoms in total. The van der Waals surface area contributed by atoms with Gasteiger partial charge in [0.05, 0.1) is 0 Å². The molecule has 0 aliphatic heterocycles. The molecule has 0 amide bonds. The van der Waals surface area contributed by atoms with Crippen LogP contribution in [0.1, 0.15) is 168 Å². The Morgan fingerprint density at radius 2 is 1.11 bits per heavy atom. The monoisotopic (exact) mass is 520 g/mol. The molecule has 0 rings (SSSR count). The van der Waals surface area contributed by atoms with Gasteiger partial charge in [-0.05, 0) is 63.9 Å². The molecule has 0 aromatic heterocycles. The Bertz CT molecular complexity index is 567. The normalized spacial score (nSPS) is 12.5. The van der Waals surface area contributed by atoms with Gasteiger partial charge in [-0.15, -0.1) is 0 Å². The number of allylic oxidation sites excluding steroid dienone is 3. The molecule has 0 saturated heterocycles. The maximum absolute atomic E-state index is 12.5. The van der Waals surface area contributed by atoms with Crippen LogP contribution in [0, 0.1) is 0 Å². The van der Waals surface area contributed by atoms with E-state index < -0.39 is 5.97 Å². The molecule has 0 saturated carbocycles. The third-order valence-corrected chi connectivity index (χ3v) is 6.86. The van der Waals surface area contributed by atoms with Crippen molar-refractivity contribution in [2.45, 2.75) is 174 Å². The lowest BCUT2D eigenvalue weighted by atomic mass is 10.0. The summed E-state index contributed by atoms with van der Waals surface area (Å²) in [5, 5.41) is 8.73. The fourth-order valence-corrected chi connectivity index (χ4v) is 4.51. The first-order chi connectivity index (χ1) is 18.1. The van der Waals surface area contributed by atoms with Crippen LogP contribution >= 0.6 is 0 Å². The zero-order valence-electron chi connectivity index (χ0n) is 24.5. The Hall–Kier alpha value is -1.58. The first-order valence-corrected chi connectivity index (χ1v) is 15.8. The van der Waals surface area contributed by atoms with Gasteiger partial charge >= 0.3 is 11.9 Å². The van der Waals surface area contributed by atoms with E-state index in [0.29, 0.717) is 6.42 Å². The minimum absolute atomic E-state index is 0.0506. The molecule has 0 spiro atoms. The third kappa shape index (κ3) is 28.8. The molecular weight excluding hydrogens is 460 g/mol. The number of rotatable bonds is 28. The van der Waals surface area contributed by atoms with E-state index in [1.54, 1.807) is 0 Å². The number of unbranched alkanes of at least 4 members (excludes halogenated alkanes) is 17. The van der Waals surface area contributed by atoms with Gasteiger partial charge in [0.1, 0.15) is 6.10 Å². The lowest BCUT2D eigenvalue weighted by Crippen LogP contribution is -2.16. The van der Waals surface area contributed by atoms with Gasteiger partial charge in [0.2, 0.25) is 0 Å². The van der Waals surface area contributed by atoms with Crippen LogP contribution in [0.4, 0.5) is 0 Å². The van der Waals surface area contributed by atoms with Gasteiger partial charge in [-0.25, -0.2) is 0 Å². The second kappa shape index (κ2) is 29.0. The number of carbonyl (C=O) groups excluding carboxylic acids is 1. The third-order valence-electron chi connectivity index (χ3n) is 6.86. The van der Waals surface area contributed by atoms with Gasteiger partial charge in [0.15, 0.2) is 0 Å². The first kappa shape index (κ1) is 35.4. The van der Waals surface area contributed by atoms with E-state index in [1.165, 1.54) is 77.0 Å². The van der Waals surface area contributed by atoms with Crippen LogP contribution in [0.15, 0.2) is 24.3 Å². The molecule has 1 N–H and O–H groups in total. The quantitative estimate of drug-likeness (QED) is 0.0633. The summed E-state index contributed by atoms with van der Waals surface area (Å²) in [5.74, 6) is -0.752. The molecule has 0 aromatic rings. The second-order valence-corrected chi connectivity index (χ2v) is 10.6. The number of carboxylic acids is 1. The molecule has 216 valence electrons. The Morgan fingerprint density at radius 3 is 1.73 bits per heavy atom. The summed E-state index contributed by atoms with van der Waals surface area (Å²) in [6.45, 7) is 4.46. The van der Waals surface area contributed by atoms with Crippen LogP contribution in [-0.2, 0) is 14.3 Å². The van der Waals surface area contributed by atoms with Crippen molar-refractivity contribution in [3.8, 4) is 0 Å². The highest BCUT2D eigenvalue weighted by atomic mass is 16.5. The Kier molecular flexibility index (Phi) is 27.7. The maximum atomic E-state index is 12.5. The average Bonchev–Trinajstić information content (AvgIpc) is 2.87. The van der Waals surface area contributed by atoms with E-state index in [2.05, 4.69) is 38.2 Å². The number of carboxylic acid groups (broad SMARTS) is 1. The minimum Gasteiger partial charge on any atom is -0.481 e.